The number of nitrogens with zero attached hydrogens (tertiary/aromatic N) is 2. The summed E-state index contributed by atoms with van der Waals surface area (Å²) in [7, 11) is 5.02. The molecule has 4 rings (SSSR count). The monoisotopic (exact) mass is 755 g/mol. The number of amides is 1. The zero-order chi connectivity index (χ0) is 39.8. The first-order chi connectivity index (χ1) is 25.7. The van der Waals surface area contributed by atoms with Crippen molar-refractivity contribution in [2.75, 3.05) is 38.5 Å². The van der Waals surface area contributed by atoms with Crippen molar-refractivity contribution in [1.82, 2.24) is 10.6 Å². The van der Waals surface area contributed by atoms with Gasteiger partial charge in [0.25, 0.3) is 0 Å². The number of carbonyl (C=O) groups is 3. The number of rotatable bonds is 17. The Morgan fingerprint density at radius 3 is 2.38 bits per heavy atom. The maximum atomic E-state index is 15.2. The van der Waals surface area contributed by atoms with E-state index in [0.717, 1.165) is 47.1 Å². The second-order valence-corrected chi connectivity index (χ2v) is 12.6. The number of nitriles is 1. The summed E-state index contributed by atoms with van der Waals surface area (Å²) < 4.78 is 41.5. The van der Waals surface area contributed by atoms with Crippen molar-refractivity contribution >= 4 is 37.3 Å². The van der Waals surface area contributed by atoms with Crippen LogP contribution in [0, 0.1) is 23.0 Å². The average Bonchev–Trinajstić information content (AvgIpc) is 3.96. The number of ether oxygens (including phenoxy) is 2. The molecule has 0 aliphatic heterocycles. The Kier molecular flexibility index (Phi) is 23.3. The van der Waals surface area contributed by atoms with Crippen LogP contribution in [0.1, 0.15) is 85.3 Å². The van der Waals surface area contributed by atoms with Gasteiger partial charge in [0.05, 0.1) is 30.6 Å². The number of unbranched alkanes of at least 4 members (excludes halogenated alkanes) is 1. The summed E-state index contributed by atoms with van der Waals surface area (Å²) in [5, 5.41) is 15.0. The van der Waals surface area contributed by atoms with E-state index in [4.69, 9.17) is 20.0 Å². The number of anilines is 1. The van der Waals surface area contributed by atoms with Gasteiger partial charge in [-0.25, -0.2) is 8.78 Å². The summed E-state index contributed by atoms with van der Waals surface area (Å²) >= 11 is 3.79. The summed E-state index contributed by atoms with van der Waals surface area (Å²) in [5.74, 6) is 0.874. The highest BCUT2D eigenvalue weighted by Gasteiger charge is 2.44. The third-order valence-electron chi connectivity index (χ3n) is 8.23. The number of hydrogen-bond acceptors (Lipinski definition) is 10. The van der Waals surface area contributed by atoms with Crippen LogP contribution in [0.2, 0.25) is 0 Å². The van der Waals surface area contributed by atoms with Gasteiger partial charge in [0, 0.05) is 56.6 Å². The van der Waals surface area contributed by atoms with Crippen LogP contribution in [0.25, 0.3) is 0 Å². The minimum absolute atomic E-state index is 0.00292. The first kappa shape index (κ1) is 46.7. The number of aldehydes is 1. The van der Waals surface area contributed by atoms with Crippen molar-refractivity contribution in [3.8, 4) is 11.8 Å². The van der Waals surface area contributed by atoms with Crippen LogP contribution in [0.15, 0.2) is 48.5 Å². The van der Waals surface area contributed by atoms with E-state index in [0.29, 0.717) is 68.1 Å². The number of nitrogens with two attached hydrogens (primary N) is 1. The lowest BCUT2D eigenvalue weighted by atomic mass is 10.0. The molecule has 3 aromatic rings. The number of thiol groups is 1. The molecule has 0 bridgehead atoms. The lowest BCUT2D eigenvalue weighted by Gasteiger charge is -2.26. The van der Waals surface area contributed by atoms with E-state index in [2.05, 4.69) is 29.3 Å². The maximum absolute atomic E-state index is 15.2. The Morgan fingerprint density at radius 2 is 1.81 bits per heavy atom. The molecule has 1 aliphatic rings. The molecule has 0 radical (unpaired) electrons. The Balaban J connectivity index is 0.000000859. The zero-order valence-electron chi connectivity index (χ0n) is 31.6. The third kappa shape index (κ3) is 14.9. The van der Waals surface area contributed by atoms with Crippen LogP contribution in [0.3, 0.4) is 0 Å². The summed E-state index contributed by atoms with van der Waals surface area (Å²) in [4.78, 5) is 30.2. The average molecular weight is 756 g/mol. The molecule has 290 valence electrons. The van der Waals surface area contributed by atoms with Crippen molar-refractivity contribution in [2.45, 2.75) is 84.1 Å². The van der Waals surface area contributed by atoms with Gasteiger partial charge in [0.2, 0.25) is 5.91 Å². The smallest absolute Gasteiger partial charge is 0.219 e. The van der Waals surface area contributed by atoms with E-state index < -0.39 is 5.82 Å². The molecule has 0 spiro atoms. The van der Waals surface area contributed by atoms with Gasteiger partial charge >= 0.3 is 0 Å². The number of aryl methyl sites for hydroxylation is 1. The first-order valence-corrected chi connectivity index (χ1v) is 18.2. The maximum Gasteiger partial charge on any atom is 0.219 e. The fourth-order valence-electron chi connectivity index (χ4n) is 5.65. The number of hydrogen-bond donors (Lipinski definition) is 4. The quantitative estimate of drug-likeness (QED) is 0.0535. The van der Waals surface area contributed by atoms with Crippen molar-refractivity contribution in [3.05, 3.63) is 93.5 Å². The molecule has 10 nitrogen and oxygen atoms in total. The molecule has 1 aliphatic carbocycles. The van der Waals surface area contributed by atoms with Gasteiger partial charge in [-0.1, -0.05) is 44.5 Å². The molecule has 2 atom stereocenters. The first-order valence-electron chi connectivity index (χ1n) is 17.6. The molecular formula is C40H55F2N5O5S. The normalized spacial score (nSPS) is 13.7. The van der Waals surface area contributed by atoms with Crippen molar-refractivity contribution in [1.29, 1.82) is 5.26 Å². The van der Waals surface area contributed by atoms with Crippen LogP contribution in [-0.4, -0.2) is 58.7 Å². The SMILES string of the molecule is C=O.CCCc1cc(N(CNC)C2CC2c2ccc(COc3cccc(COC)c3CN)c(F)c2)c(F)cc1C#N.CCS.CNC(=O)CCCC=O. The van der Waals surface area contributed by atoms with Gasteiger partial charge in [-0.15, -0.1) is 0 Å². The van der Waals surface area contributed by atoms with Gasteiger partial charge in [-0.05, 0) is 73.0 Å². The highest BCUT2D eigenvalue weighted by atomic mass is 32.1. The van der Waals surface area contributed by atoms with Gasteiger partial charge in [-0.3, -0.25) is 4.79 Å². The third-order valence-corrected chi connectivity index (χ3v) is 8.23. The largest absolute Gasteiger partial charge is 0.488 e. The van der Waals surface area contributed by atoms with E-state index in [1.54, 1.807) is 32.4 Å². The van der Waals surface area contributed by atoms with Crippen LogP contribution in [0.5, 0.6) is 5.75 Å². The molecule has 0 aromatic heterocycles. The van der Waals surface area contributed by atoms with Crippen LogP contribution >= 0.6 is 12.6 Å². The Bertz CT molecular complexity index is 1610. The fourth-order valence-corrected chi connectivity index (χ4v) is 5.65. The van der Waals surface area contributed by atoms with E-state index in [9.17, 15) is 14.9 Å². The van der Waals surface area contributed by atoms with Gasteiger partial charge in [0.15, 0.2) is 0 Å². The summed E-state index contributed by atoms with van der Waals surface area (Å²) in [5.41, 5.74) is 10.7. The van der Waals surface area contributed by atoms with E-state index >= 15 is 8.78 Å². The number of nitrogens with one attached hydrogen (secondary N) is 2. The summed E-state index contributed by atoms with van der Waals surface area (Å²) in [6.07, 6.45) is 4.76. The predicted molar refractivity (Wildman–Crippen MR) is 209 cm³/mol. The van der Waals surface area contributed by atoms with Gasteiger partial charge < -0.3 is 40.3 Å². The minimum atomic E-state index is -0.419. The molecule has 2 unspecified atom stereocenters. The number of benzene rings is 3. The molecule has 0 saturated heterocycles. The van der Waals surface area contributed by atoms with Gasteiger partial charge in [0.1, 0.15) is 37.1 Å². The Labute approximate surface area is 318 Å². The molecule has 13 heteroatoms. The van der Waals surface area contributed by atoms with Gasteiger partial charge in [-0.2, -0.15) is 17.9 Å². The molecule has 0 heterocycles. The second kappa shape index (κ2) is 26.4. The van der Waals surface area contributed by atoms with Crippen LogP contribution in [0.4, 0.5) is 14.5 Å². The molecule has 1 amide bonds. The second-order valence-electron chi connectivity index (χ2n) is 11.9. The minimum Gasteiger partial charge on any atom is -0.488 e. The molecule has 3 aromatic carbocycles. The summed E-state index contributed by atoms with van der Waals surface area (Å²) in [6, 6.07) is 16.1. The zero-order valence-corrected chi connectivity index (χ0v) is 32.4. The topological polar surface area (TPSA) is 147 Å². The molecule has 1 fully saturated rings. The van der Waals surface area contributed by atoms with E-state index in [-0.39, 0.29) is 30.3 Å². The summed E-state index contributed by atoms with van der Waals surface area (Å²) in [6.45, 7) is 7.25. The highest BCUT2D eigenvalue weighted by Crippen LogP contribution is 2.47. The van der Waals surface area contributed by atoms with Crippen molar-refractivity contribution < 1.29 is 32.6 Å². The van der Waals surface area contributed by atoms with E-state index in [1.165, 1.54) is 6.07 Å². The molecule has 4 N–H and O–H groups in total. The number of halogens is 2. The lowest BCUT2D eigenvalue weighted by Crippen LogP contribution is -2.35. The predicted octanol–water partition coefficient (Wildman–Crippen LogP) is 6.37. The van der Waals surface area contributed by atoms with Crippen molar-refractivity contribution in [2.24, 2.45) is 5.73 Å². The van der Waals surface area contributed by atoms with Crippen LogP contribution in [-0.2, 0) is 45.3 Å². The Morgan fingerprint density at radius 1 is 1.09 bits per heavy atom. The van der Waals surface area contributed by atoms with Crippen molar-refractivity contribution in [3.63, 3.8) is 0 Å². The molecule has 53 heavy (non-hydrogen) atoms. The van der Waals surface area contributed by atoms with E-state index in [1.807, 2.05) is 56.8 Å². The molecular weight excluding hydrogens is 701 g/mol. The van der Waals surface area contributed by atoms with Crippen LogP contribution < -0.4 is 26.0 Å². The molecule has 1 saturated carbocycles. The Hall–Kier alpha value is -4.35. The highest BCUT2D eigenvalue weighted by molar-refractivity contribution is 7.80. The number of carbonyl (C=O) groups excluding carboxylic acids is 3. The standard InChI is InChI=1S/C31H36F2N4O2.C6H11NO2.C2H6S.CH2O/c1-4-6-20-13-30(28(33)12-24(20)15-34)37(19-36-2)29-14-25(29)21-9-10-23(27(32)11-21)18-39-31-8-5-7-22(17-38-3)26(31)16-35;1-7-6(9)4-2-3-5-8;1-2-3;1-2/h5,7-13,25,29,36H,4,6,14,16-19,35H2,1-3H3;5H,2-4H2,1H3,(H,7,9);3H,2H2,1H3;1H2. The number of methoxy groups -OCH3 is 1. The fraction of sp³-hybridized carbons (Fsp3) is 0.450. The lowest BCUT2D eigenvalue weighted by molar-refractivity contribution is -0.120.